The van der Waals surface area contributed by atoms with E-state index < -0.39 is 36.3 Å². The number of allylic oxidation sites excluding steroid dienone is 3. The van der Waals surface area contributed by atoms with Crippen molar-refractivity contribution < 1.29 is 23.9 Å². The van der Waals surface area contributed by atoms with Crippen LogP contribution >= 0.6 is 0 Å². The summed E-state index contributed by atoms with van der Waals surface area (Å²) >= 11 is 0. The Labute approximate surface area is 213 Å². The number of Topliss-reactive ketones (excluding diaryl/α,β-unsaturated/α-hetero) is 1. The van der Waals surface area contributed by atoms with Crippen molar-refractivity contribution in [3.63, 3.8) is 0 Å². The highest BCUT2D eigenvalue weighted by Gasteiger charge is 2.73. The summed E-state index contributed by atoms with van der Waals surface area (Å²) in [7, 11) is -2.33. The molecule has 1 spiro atoms. The SMILES string of the molecule is C=CC[C@H]1C[C@]23C[C@@H](C(C)(C)O)OC2=CC(=O)[C@@](CO[Si](C(C)C)(C(C)C)C(C)C)(C3=O)C1(C)C. The largest absolute Gasteiger partial charge is 0.491 e. The minimum atomic E-state index is -2.33. The minimum Gasteiger partial charge on any atom is -0.491 e. The molecule has 35 heavy (non-hydrogen) atoms. The molecule has 0 unspecified atom stereocenters. The van der Waals surface area contributed by atoms with Crippen molar-refractivity contribution in [2.45, 2.75) is 117 Å². The second kappa shape index (κ2) is 8.95. The molecule has 198 valence electrons. The van der Waals surface area contributed by atoms with Crippen molar-refractivity contribution >= 4 is 19.9 Å². The lowest BCUT2D eigenvalue weighted by atomic mass is 9.42. The van der Waals surface area contributed by atoms with Crippen LogP contribution in [0.2, 0.25) is 16.6 Å². The maximum absolute atomic E-state index is 14.7. The summed E-state index contributed by atoms with van der Waals surface area (Å²) < 4.78 is 13.2. The van der Waals surface area contributed by atoms with Gasteiger partial charge in [0, 0.05) is 12.5 Å². The van der Waals surface area contributed by atoms with Gasteiger partial charge in [0.15, 0.2) is 19.9 Å². The zero-order valence-electron chi connectivity index (χ0n) is 23.7. The molecule has 2 bridgehead atoms. The molecule has 1 saturated heterocycles. The first-order valence-electron chi connectivity index (χ1n) is 13.4. The van der Waals surface area contributed by atoms with Gasteiger partial charge < -0.3 is 14.3 Å². The van der Waals surface area contributed by atoms with Gasteiger partial charge >= 0.3 is 0 Å². The fourth-order valence-electron chi connectivity index (χ4n) is 7.80. The molecule has 1 saturated carbocycles. The number of hydrogen-bond acceptors (Lipinski definition) is 5. The van der Waals surface area contributed by atoms with Crippen molar-refractivity contribution in [1.82, 2.24) is 0 Å². The van der Waals surface area contributed by atoms with Crippen LogP contribution in [0.5, 0.6) is 0 Å². The fraction of sp³-hybridized carbons (Fsp3) is 0.793. The van der Waals surface area contributed by atoms with Crippen LogP contribution in [-0.4, -0.2) is 43.3 Å². The lowest BCUT2D eigenvalue weighted by Crippen LogP contribution is -2.68. The van der Waals surface area contributed by atoms with Crippen LogP contribution in [0.3, 0.4) is 0 Å². The minimum absolute atomic E-state index is 0.0614. The van der Waals surface area contributed by atoms with Crippen LogP contribution in [-0.2, 0) is 18.8 Å². The third-order valence-corrected chi connectivity index (χ3v) is 16.0. The average Bonchev–Trinajstić information content (AvgIpc) is 3.08. The van der Waals surface area contributed by atoms with Gasteiger partial charge in [0.2, 0.25) is 0 Å². The molecule has 0 aromatic rings. The molecule has 0 radical (unpaired) electrons. The number of carbonyl (C=O) groups excluding carboxylic acids is 2. The van der Waals surface area contributed by atoms with Crippen molar-refractivity contribution in [1.29, 1.82) is 0 Å². The Morgan fingerprint density at radius 1 is 1.14 bits per heavy atom. The molecule has 2 aliphatic carbocycles. The molecule has 2 fully saturated rings. The van der Waals surface area contributed by atoms with Crippen LogP contribution in [0.15, 0.2) is 24.5 Å². The Hall–Kier alpha value is -1.24. The van der Waals surface area contributed by atoms with Crippen LogP contribution < -0.4 is 0 Å². The molecule has 1 heterocycles. The highest BCUT2D eigenvalue weighted by Crippen LogP contribution is 2.67. The van der Waals surface area contributed by atoms with Crippen molar-refractivity contribution in [2.75, 3.05) is 6.61 Å². The lowest BCUT2D eigenvalue weighted by molar-refractivity contribution is -0.173. The van der Waals surface area contributed by atoms with Crippen LogP contribution in [0.1, 0.15) is 88.5 Å². The molecule has 1 N–H and O–H groups in total. The summed E-state index contributed by atoms with van der Waals surface area (Å²) in [6.07, 6.45) is 4.63. The molecule has 6 heteroatoms. The van der Waals surface area contributed by atoms with E-state index in [0.717, 1.165) is 0 Å². The second-order valence-electron chi connectivity index (χ2n) is 13.4. The monoisotopic (exact) mass is 504 g/mol. The van der Waals surface area contributed by atoms with Gasteiger partial charge in [-0.3, -0.25) is 9.59 Å². The molecule has 3 aliphatic rings. The van der Waals surface area contributed by atoms with E-state index in [9.17, 15) is 14.7 Å². The number of hydrogen-bond donors (Lipinski definition) is 1. The topological polar surface area (TPSA) is 72.8 Å². The molecule has 5 nitrogen and oxygen atoms in total. The summed E-state index contributed by atoms with van der Waals surface area (Å²) in [5, 5.41) is 10.8. The Kier molecular flexibility index (Phi) is 7.24. The van der Waals surface area contributed by atoms with E-state index >= 15 is 0 Å². The van der Waals surface area contributed by atoms with E-state index in [1.165, 1.54) is 0 Å². The maximum atomic E-state index is 14.7. The van der Waals surface area contributed by atoms with Crippen molar-refractivity contribution in [2.24, 2.45) is 22.2 Å². The highest BCUT2D eigenvalue weighted by atomic mass is 28.4. The smallest absolute Gasteiger partial charge is 0.200 e. The number of aliphatic hydroxyl groups is 1. The average molecular weight is 505 g/mol. The molecular formula is C29H48O5Si. The second-order valence-corrected chi connectivity index (χ2v) is 18.9. The van der Waals surface area contributed by atoms with Crippen LogP contribution in [0, 0.1) is 22.2 Å². The van der Waals surface area contributed by atoms with E-state index in [2.05, 4.69) is 62.0 Å². The summed E-state index contributed by atoms with van der Waals surface area (Å²) in [6, 6.07) is 0. The summed E-state index contributed by atoms with van der Waals surface area (Å²) in [5.41, 5.74) is -2.88. The van der Waals surface area contributed by atoms with E-state index in [0.29, 0.717) is 41.6 Å². The Bertz CT molecular complexity index is 887. The third-order valence-electron chi connectivity index (χ3n) is 9.98. The van der Waals surface area contributed by atoms with Gasteiger partial charge in [-0.25, -0.2) is 0 Å². The highest BCUT2D eigenvalue weighted by molar-refractivity contribution is 6.77. The third kappa shape index (κ3) is 3.85. The predicted molar refractivity (Wildman–Crippen MR) is 142 cm³/mol. The quantitative estimate of drug-likeness (QED) is 0.224. The van der Waals surface area contributed by atoms with Gasteiger partial charge in [-0.2, -0.15) is 0 Å². The number of ether oxygens (including phenoxy) is 1. The summed E-state index contributed by atoms with van der Waals surface area (Å²) in [5.74, 6) is 0.234. The van der Waals surface area contributed by atoms with Gasteiger partial charge in [-0.05, 0) is 54.6 Å². The fourth-order valence-corrected chi connectivity index (χ4v) is 13.3. The van der Waals surface area contributed by atoms with Crippen LogP contribution in [0.25, 0.3) is 0 Å². The lowest BCUT2D eigenvalue weighted by Gasteiger charge is -2.59. The molecule has 0 aromatic carbocycles. The van der Waals surface area contributed by atoms with E-state index in [-0.39, 0.29) is 24.1 Å². The molecule has 0 amide bonds. The van der Waals surface area contributed by atoms with Crippen molar-refractivity contribution in [3.8, 4) is 0 Å². The molecule has 4 atom stereocenters. The Morgan fingerprint density at radius 3 is 2.14 bits per heavy atom. The standard InChI is InChI=1S/C29H48O5Si/c1-12-13-21-15-28-16-24(27(10,11)32)34-23(28)14-22(30)29(25(28)31,26(21,8)9)17-33-35(18(2)3,19(4)5)20(6)7/h12,14,18-21,24,32H,1,13,15-17H2,2-11H3/t21-,24-,28-,29-/m0/s1. The number of fused-ring (bicyclic) bond motifs is 1. The summed E-state index contributed by atoms with van der Waals surface area (Å²) in [6.45, 7) is 25.0. The molecule has 0 aromatic heterocycles. The maximum Gasteiger partial charge on any atom is 0.200 e. The van der Waals surface area contributed by atoms with Gasteiger partial charge in [0.05, 0.1) is 17.6 Å². The van der Waals surface area contributed by atoms with Gasteiger partial charge in [-0.1, -0.05) is 61.5 Å². The number of ketones is 2. The Balaban J connectivity index is 2.19. The first-order chi connectivity index (χ1) is 15.9. The van der Waals surface area contributed by atoms with Crippen LogP contribution in [0.4, 0.5) is 0 Å². The van der Waals surface area contributed by atoms with Crippen molar-refractivity contribution in [3.05, 3.63) is 24.5 Å². The molecule has 1 aliphatic heterocycles. The summed E-state index contributed by atoms with van der Waals surface area (Å²) in [4.78, 5) is 28.8. The zero-order valence-corrected chi connectivity index (χ0v) is 24.7. The van der Waals surface area contributed by atoms with Gasteiger partial charge in [0.25, 0.3) is 0 Å². The first kappa shape index (κ1) is 28.3. The molecule has 3 rings (SSSR count). The van der Waals surface area contributed by atoms with Gasteiger partial charge in [-0.15, -0.1) is 6.58 Å². The van der Waals surface area contributed by atoms with Gasteiger partial charge in [0.1, 0.15) is 17.3 Å². The predicted octanol–water partition coefficient (Wildman–Crippen LogP) is 6.37. The van der Waals surface area contributed by atoms with E-state index in [1.54, 1.807) is 19.9 Å². The zero-order chi connectivity index (χ0) is 26.8. The van der Waals surface area contributed by atoms with E-state index in [4.69, 9.17) is 9.16 Å². The first-order valence-corrected chi connectivity index (χ1v) is 15.5. The normalized spacial score (nSPS) is 32.7. The van der Waals surface area contributed by atoms with E-state index in [1.807, 2.05) is 6.08 Å². The number of rotatable bonds is 9. The number of carbonyl (C=O) groups is 2. The molecular weight excluding hydrogens is 456 g/mol. The Morgan fingerprint density at radius 2 is 1.69 bits per heavy atom.